The molecule has 0 atom stereocenters. The Hall–Kier alpha value is -1.86. The minimum absolute atomic E-state index is 0.0413. The first kappa shape index (κ1) is 17.9. The molecule has 1 aliphatic rings. The zero-order valence-corrected chi connectivity index (χ0v) is 15.9. The Morgan fingerprint density at radius 3 is 2.48 bits per heavy atom. The summed E-state index contributed by atoms with van der Waals surface area (Å²) in [6, 6.07) is 12.4. The van der Waals surface area contributed by atoms with E-state index in [1.165, 1.54) is 28.7 Å². The van der Waals surface area contributed by atoms with Gasteiger partial charge in [-0.15, -0.1) is 0 Å². The van der Waals surface area contributed by atoms with E-state index in [0.717, 1.165) is 22.7 Å². The third-order valence-electron chi connectivity index (χ3n) is 4.21. The van der Waals surface area contributed by atoms with E-state index in [9.17, 15) is 4.79 Å². The fourth-order valence-electron chi connectivity index (χ4n) is 2.88. The monoisotopic (exact) mass is 419 g/mol. The third-order valence-corrected chi connectivity index (χ3v) is 5.52. The van der Waals surface area contributed by atoms with Gasteiger partial charge in [0.05, 0.1) is 12.3 Å². The number of nitrogens with one attached hydrogen (secondary N) is 2. The van der Waals surface area contributed by atoms with Crippen LogP contribution in [0.1, 0.15) is 29.9 Å². The van der Waals surface area contributed by atoms with Gasteiger partial charge in [-0.2, -0.15) is 0 Å². The van der Waals surface area contributed by atoms with Gasteiger partial charge < -0.3 is 5.11 Å². The molecule has 1 fully saturated rings. The van der Waals surface area contributed by atoms with E-state index in [1.807, 2.05) is 12.1 Å². The number of nitrogens with zero attached hydrogens (tertiary/aromatic N) is 1. The zero-order chi connectivity index (χ0) is 18.0. The number of amidine groups is 2. The average molecular weight is 420 g/mol. The molecule has 1 aliphatic carbocycles. The van der Waals surface area contributed by atoms with Gasteiger partial charge in [-0.05, 0) is 56.6 Å². The van der Waals surface area contributed by atoms with Crippen LogP contribution in [0.3, 0.4) is 0 Å². The molecule has 0 heterocycles. The first-order valence-corrected chi connectivity index (χ1v) is 9.70. The van der Waals surface area contributed by atoms with Crippen molar-refractivity contribution in [2.75, 3.05) is 5.75 Å². The van der Waals surface area contributed by atoms with Crippen LogP contribution in [0.5, 0.6) is 0 Å². The summed E-state index contributed by atoms with van der Waals surface area (Å²) in [4.78, 5) is 12.2. The molecule has 3 rings (SSSR count). The smallest absolute Gasteiger partial charge is 0.313 e. The maximum atomic E-state index is 10.7. The average Bonchev–Trinajstić information content (AvgIpc) is 3.42. The number of fused-ring (bicyclic) bond motifs is 1. The first-order chi connectivity index (χ1) is 12.0. The van der Waals surface area contributed by atoms with E-state index in [1.54, 1.807) is 0 Å². The Balaban J connectivity index is 1.90. The molecule has 2 aromatic rings. The maximum Gasteiger partial charge on any atom is 0.313 e. The van der Waals surface area contributed by atoms with Crippen molar-refractivity contribution in [1.82, 2.24) is 4.90 Å². The van der Waals surface area contributed by atoms with Gasteiger partial charge in [-0.1, -0.05) is 48.2 Å². The maximum absolute atomic E-state index is 10.7. The lowest BCUT2D eigenvalue weighted by atomic mass is 9.97. The molecule has 0 amide bonds. The van der Waals surface area contributed by atoms with Crippen LogP contribution < -0.4 is 0 Å². The molecule has 1 saturated carbocycles. The summed E-state index contributed by atoms with van der Waals surface area (Å²) in [5, 5.41) is 27.2. The second-order valence-electron chi connectivity index (χ2n) is 6.00. The number of halogens is 1. The molecule has 0 unspecified atom stereocenters. The highest BCUT2D eigenvalue weighted by Gasteiger charge is 2.26. The van der Waals surface area contributed by atoms with Crippen molar-refractivity contribution in [3.05, 3.63) is 47.5 Å². The minimum atomic E-state index is -0.977. The lowest BCUT2D eigenvalue weighted by Crippen LogP contribution is -2.31. The number of thioether (sulfide) groups is 1. The van der Waals surface area contributed by atoms with Crippen molar-refractivity contribution < 1.29 is 9.90 Å². The van der Waals surface area contributed by atoms with Crippen LogP contribution in [0.15, 0.2) is 36.4 Å². The standard InChI is InChI=1S/C18H18BrN3O2S/c19-17(20)22(18(21)25-10-16(23)24)9-12-7-8-14(11-5-6-11)15-4-2-1-3-13(12)15/h1-4,7-8,11,20-21H,5-6,9-10H2,(H,23,24). The summed E-state index contributed by atoms with van der Waals surface area (Å²) in [5.41, 5.74) is 2.39. The second kappa shape index (κ2) is 7.58. The number of hydrogen-bond acceptors (Lipinski definition) is 4. The quantitative estimate of drug-likeness (QED) is 0.375. The number of aliphatic carboxylic acids is 1. The molecule has 7 heteroatoms. The van der Waals surface area contributed by atoms with Crippen LogP contribution in [0.25, 0.3) is 10.8 Å². The van der Waals surface area contributed by atoms with E-state index < -0.39 is 5.97 Å². The molecule has 2 aromatic carbocycles. The Bertz CT molecular complexity index is 851. The highest BCUT2D eigenvalue weighted by atomic mass is 79.9. The molecule has 0 aromatic heterocycles. The van der Waals surface area contributed by atoms with Gasteiger partial charge >= 0.3 is 5.97 Å². The van der Waals surface area contributed by atoms with Crippen molar-refractivity contribution in [3.8, 4) is 0 Å². The van der Waals surface area contributed by atoms with Crippen molar-refractivity contribution in [2.45, 2.75) is 25.3 Å². The summed E-state index contributed by atoms with van der Waals surface area (Å²) in [6.07, 6.45) is 2.47. The van der Waals surface area contributed by atoms with Crippen LogP contribution in [-0.4, -0.2) is 31.6 Å². The fraction of sp³-hybridized carbons (Fsp3) is 0.278. The van der Waals surface area contributed by atoms with Gasteiger partial charge in [0.1, 0.15) is 0 Å². The van der Waals surface area contributed by atoms with E-state index >= 15 is 0 Å². The number of hydrogen-bond donors (Lipinski definition) is 3. The molecule has 0 aliphatic heterocycles. The van der Waals surface area contributed by atoms with Crippen LogP contribution in [0, 0.1) is 10.8 Å². The van der Waals surface area contributed by atoms with Crippen molar-refractivity contribution in [1.29, 1.82) is 10.8 Å². The molecular weight excluding hydrogens is 402 g/mol. The molecule has 0 bridgehead atoms. The summed E-state index contributed by atoms with van der Waals surface area (Å²) >= 11 is 4.03. The van der Waals surface area contributed by atoms with Crippen LogP contribution >= 0.6 is 27.7 Å². The number of carboxylic acids is 1. The fourth-order valence-corrected chi connectivity index (χ4v) is 3.87. The van der Waals surface area contributed by atoms with Crippen LogP contribution in [0.2, 0.25) is 0 Å². The molecular formula is C18H18BrN3O2S. The highest BCUT2D eigenvalue weighted by Crippen LogP contribution is 2.43. The molecule has 130 valence electrons. The SMILES string of the molecule is N=C(Br)N(Cc1ccc(C2CC2)c2ccccc12)C(=N)SCC(=O)O. The van der Waals surface area contributed by atoms with Gasteiger partial charge in [0, 0.05) is 0 Å². The van der Waals surface area contributed by atoms with Gasteiger partial charge in [-0.3, -0.25) is 20.5 Å². The predicted octanol–water partition coefficient (Wildman–Crippen LogP) is 4.60. The molecule has 0 spiro atoms. The Morgan fingerprint density at radius 1 is 1.20 bits per heavy atom. The molecule has 3 N–H and O–H groups in total. The van der Waals surface area contributed by atoms with Crippen molar-refractivity contribution >= 4 is 54.3 Å². The molecule has 25 heavy (non-hydrogen) atoms. The second-order valence-corrected chi connectivity index (χ2v) is 7.71. The van der Waals surface area contributed by atoms with Crippen molar-refractivity contribution in [2.24, 2.45) is 0 Å². The van der Waals surface area contributed by atoms with Crippen molar-refractivity contribution in [3.63, 3.8) is 0 Å². The summed E-state index contributed by atoms with van der Waals surface area (Å²) in [7, 11) is 0. The number of rotatable bonds is 5. The van der Waals surface area contributed by atoms with Gasteiger partial charge in [0.15, 0.2) is 9.91 Å². The summed E-state index contributed by atoms with van der Waals surface area (Å²) in [5.74, 6) is -0.527. The van der Waals surface area contributed by atoms with Gasteiger partial charge in [0.2, 0.25) is 0 Å². The lowest BCUT2D eigenvalue weighted by Gasteiger charge is -2.23. The lowest BCUT2D eigenvalue weighted by molar-refractivity contribution is -0.133. The Morgan fingerprint density at radius 2 is 1.88 bits per heavy atom. The highest BCUT2D eigenvalue weighted by molar-refractivity contribution is 9.18. The third kappa shape index (κ3) is 4.22. The topological polar surface area (TPSA) is 88.2 Å². The largest absolute Gasteiger partial charge is 0.481 e. The first-order valence-electron chi connectivity index (χ1n) is 7.92. The number of benzene rings is 2. The van der Waals surface area contributed by atoms with Gasteiger partial charge in [0.25, 0.3) is 0 Å². The normalized spacial score (nSPS) is 13.6. The molecule has 0 radical (unpaired) electrons. The van der Waals surface area contributed by atoms with Gasteiger partial charge in [-0.25, -0.2) is 0 Å². The van der Waals surface area contributed by atoms with E-state index in [0.29, 0.717) is 12.5 Å². The summed E-state index contributed by atoms with van der Waals surface area (Å²) in [6.45, 7) is 0.348. The Kier molecular flexibility index (Phi) is 5.44. The number of carbonyl (C=O) groups is 1. The van der Waals surface area contributed by atoms with E-state index in [-0.39, 0.29) is 15.7 Å². The van der Waals surface area contributed by atoms with Crippen LogP contribution in [-0.2, 0) is 11.3 Å². The van der Waals surface area contributed by atoms with Crippen LogP contribution in [0.4, 0.5) is 0 Å². The molecule has 0 saturated heterocycles. The summed E-state index contributed by atoms with van der Waals surface area (Å²) < 4.78 is 0.0470. The minimum Gasteiger partial charge on any atom is -0.481 e. The van der Waals surface area contributed by atoms with E-state index in [4.69, 9.17) is 15.9 Å². The molecule has 5 nitrogen and oxygen atoms in total. The predicted molar refractivity (Wildman–Crippen MR) is 106 cm³/mol. The zero-order valence-electron chi connectivity index (χ0n) is 13.5. The number of carboxylic acid groups (broad SMARTS) is 1. The van der Waals surface area contributed by atoms with E-state index in [2.05, 4.69) is 40.2 Å². The Labute approximate surface area is 158 Å².